The SMILES string of the molecule is CCC(Nc1ccc(OC)c(O)c1)c1ccc(F)cn1. The number of aromatic nitrogens is 1. The fraction of sp³-hybridized carbons (Fsp3) is 0.267. The van der Waals surface area contributed by atoms with Crippen LogP contribution in [0.2, 0.25) is 0 Å². The maximum absolute atomic E-state index is 12.9. The molecule has 0 saturated heterocycles. The number of nitrogens with one attached hydrogen (secondary N) is 1. The number of rotatable bonds is 5. The molecular formula is C15H17FN2O2. The van der Waals surface area contributed by atoms with Gasteiger partial charge >= 0.3 is 0 Å². The van der Waals surface area contributed by atoms with Gasteiger partial charge in [0.05, 0.1) is 25.0 Å². The lowest BCUT2D eigenvalue weighted by Gasteiger charge is -2.18. The minimum absolute atomic E-state index is 0.0524. The van der Waals surface area contributed by atoms with E-state index in [-0.39, 0.29) is 17.6 Å². The minimum Gasteiger partial charge on any atom is -0.504 e. The average molecular weight is 276 g/mol. The van der Waals surface area contributed by atoms with Gasteiger partial charge < -0.3 is 15.2 Å². The number of halogens is 1. The minimum atomic E-state index is -0.356. The fourth-order valence-corrected chi connectivity index (χ4v) is 1.96. The first-order chi connectivity index (χ1) is 9.63. The molecule has 1 unspecified atom stereocenters. The van der Waals surface area contributed by atoms with Crippen LogP contribution in [0.3, 0.4) is 0 Å². The van der Waals surface area contributed by atoms with E-state index in [0.29, 0.717) is 5.75 Å². The Hall–Kier alpha value is -2.30. The highest BCUT2D eigenvalue weighted by atomic mass is 19.1. The number of ether oxygens (including phenoxy) is 1. The Morgan fingerprint density at radius 2 is 2.15 bits per heavy atom. The van der Waals surface area contributed by atoms with Gasteiger partial charge in [0.1, 0.15) is 5.82 Å². The van der Waals surface area contributed by atoms with Crippen molar-refractivity contribution in [3.05, 3.63) is 48.0 Å². The van der Waals surface area contributed by atoms with Crippen molar-refractivity contribution < 1.29 is 14.2 Å². The lowest BCUT2D eigenvalue weighted by molar-refractivity contribution is 0.373. The Balaban J connectivity index is 2.17. The third kappa shape index (κ3) is 3.17. The summed E-state index contributed by atoms with van der Waals surface area (Å²) in [6.45, 7) is 2.01. The molecule has 1 aromatic heterocycles. The molecule has 0 fully saturated rings. The molecule has 1 heterocycles. The standard InChI is InChI=1S/C15H17FN2O2/c1-3-12(13-6-4-10(16)9-17-13)18-11-5-7-15(20-2)14(19)8-11/h4-9,12,18-19H,3H2,1-2H3. The Labute approximate surface area is 117 Å². The summed E-state index contributed by atoms with van der Waals surface area (Å²) in [5, 5.41) is 13.0. The van der Waals surface area contributed by atoms with Crippen molar-refractivity contribution >= 4 is 5.69 Å². The first-order valence-corrected chi connectivity index (χ1v) is 6.39. The summed E-state index contributed by atoms with van der Waals surface area (Å²) in [7, 11) is 1.50. The molecule has 0 aliphatic rings. The van der Waals surface area contributed by atoms with E-state index >= 15 is 0 Å². The van der Waals surface area contributed by atoms with Crippen molar-refractivity contribution in [1.29, 1.82) is 0 Å². The molecule has 2 aromatic rings. The molecule has 2 N–H and O–H groups in total. The Kier molecular flexibility index (Phi) is 4.40. The van der Waals surface area contributed by atoms with Crippen LogP contribution in [0.25, 0.3) is 0 Å². The molecule has 0 saturated carbocycles. The lowest BCUT2D eigenvalue weighted by atomic mass is 10.1. The second-order valence-corrected chi connectivity index (χ2v) is 4.39. The van der Waals surface area contributed by atoms with Crippen LogP contribution < -0.4 is 10.1 Å². The van der Waals surface area contributed by atoms with Crippen molar-refractivity contribution in [3.8, 4) is 11.5 Å². The second kappa shape index (κ2) is 6.23. The highest BCUT2D eigenvalue weighted by Crippen LogP contribution is 2.30. The predicted molar refractivity (Wildman–Crippen MR) is 75.5 cm³/mol. The van der Waals surface area contributed by atoms with Gasteiger partial charge in [0.15, 0.2) is 11.5 Å². The molecule has 1 aromatic carbocycles. The molecule has 2 rings (SSSR count). The molecule has 0 aliphatic heterocycles. The quantitative estimate of drug-likeness (QED) is 0.877. The van der Waals surface area contributed by atoms with E-state index in [1.54, 1.807) is 18.2 Å². The van der Waals surface area contributed by atoms with E-state index in [9.17, 15) is 9.50 Å². The summed E-state index contributed by atoms with van der Waals surface area (Å²) in [5.41, 5.74) is 1.51. The van der Waals surface area contributed by atoms with E-state index in [1.165, 1.54) is 19.4 Å². The van der Waals surface area contributed by atoms with Gasteiger partial charge in [-0.15, -0.1) is 0 Å². The van der Waals surface area contributed by atoms with Crippen LogP contribution in [0.1, 0.15) is 25.1 Å². The summed E-state index contributed by atoms with van der Waals surface area (Å²) in [4.78, 5) is 4.08. The maximum Gasteiger partial charge on any atom is 0.160 e. The van der Waals surface area contributed by atoms with Crippen molar-refractivity contribution in [2.24, 2.45) is 0 Å². The maximum atomic E-state index is 12.9. The van der Waals surface area contributed by atoms with E-state index in [2.05, 4.69) is 10.3 Å². The summed E-state index contributed by atoms with van der Waals surface area (Å²) < 4.78 is 17.9. The number of benzene rings is 1. The predicted octanol–water partition coefficient (Wildman–Crippen LogP) is 3.50. The second-order valence-electron chi connectivity index (χ2n) is 4.39. The van der Waals surface area contributed by atoms with Crippen LogP contribution in [0.5, 0.6) is 11.5 Å². The Morgan fingerprint density at radius 1 is 1.35 bits per heavy atom. The van der Waals surface area contributed by atoms with Crippen molar-refractivity contribution in [1.82, 2.24) is 4.98 Å². The van der Waals surface area contributed by atoms with Crippen LogP contribution in [0.15, 0.2) is 36.5 Å². The third-order valence-corrected chi connectivity index (χ3v) is 3.04. The molecule has 0 aliphatic carbocycles. The fourth-order valence-electron chi connectivity index (χ4n) is 1.96. The van der Waals surface area contributed by atoms with Crippen molar-refractivity contribution in [2.45, 2.75) is 19.4 Å². The average Bonchev–Trinajstić information content (AvgIpc) is 2.46. The molecule has 106 valence electrons. The summed E-state index contributed by atoms with van der Waals surface area (Å²) in [5.74, 6) is 0.133. The van der Waals surface area contributed by atoms with Gasteiger partial charge in [0.25, 0.3) is 0 Å². The van der Waals surface area contributed by atoms with Crippen LogP contribution in [-0.4, -0.2) is 17.2 Å². The third-order valence-electron chi connectivity index (χ3n) is 3.04. The summed E-state index contributed by atoms with van der Waals surface area (Å²) in [6.07, 6.45) is 1.98. The summed E-state index contributed by atoms with van der Waals surface area (Å²) in [6, 6.07) is 8.07. The largest absolute Gasteiger partial charge is 0.504 e. The zero-order valence-electron chi connectivity index (χ0n) is 11.4. The first kappa shape index (κ1) is 14.1. The Bertz CT molecular complexity index is 573. The van der Waals surface area contributed by atoms with Crippen LogP contribution in [0.4, 0.5) is 10.1 Å². The molecule has 0 radical (unpaired) electrons. The van der Waals surface area contributed by atoms with Gasteiger partial charge in [-0.2, -0.15) is 0 Å². The number of anilines is 1. The van der Waals surface area contributed by atoms with E-state index in [0.717, 1.165) is 17.8 Å². The number of nitrogens with zero attached hydrogens (tertiary/aromatic N) is 1. The summed E-state index contributed by atoms with van der Waals surface area (Å²) >= 11 is 0. The molecule has 4 nitrogen and oxygen atoms in total. The van der Waals surface area contributed by atoms with Crippen LogP contribution in [0, 0.1) is 5.82 Å². The number of methoxy groups -OCH3 is 1. The van der Waals surface area contributed by atoms with Gasteiger partial charge in [0.2, 0.25) is 0 Å². The first-order valence-electron chi connectivity index (χ1n) is 6.39. The molecule has 5 heteroatoms. The lowest BCUT2D eigenvalue weighted by Crippen LogP contribution is -2.11. The Morgan fingerprint density at radius 3 is 2.70 bits per heavy atom. The highest BCUT2D eigenvalue weighted by molar-refractivity contribution is 5.54. The zero-order valence-corrected chi connectivity index (χ0v) is 11.4. The van der Waals surface area contributed by atoms with Crippen molar-refractivity contribution in [2.75, 3.05) is 12.4 Å². The number of pyridine rings is 1. The molecule has 0 spiro atoms. The van der Waals surface area contributed by atoms with E-state index < -0.39 is 0 Å². The molecular weight excluding hydrogens is 259 g/mol. The zero-order chi connectivity index (χ0) is 14.5. The van der Waals surface area contributed by atoms with E-state index in [1.807, 2.05) is 13.0 Å². The van der Waals surface area contributed by atoms with Crippen LogP contribution in [-0.2, 0) is 0 Å². The van der Waals surface area contributed by atoms with E-state index in [4.69, 9.17) is 4.74 Å². The number of phenols is 1. The van der Waals surface area contributed by atoms with Crippen LogP contribution >= 0.6 is 0 Å². The van der Waals surface area contributed by atoms with Gasteiger partial charge in [-0.25, -0.2) is 4.39 Å². The highest BCUT2D eigenvalue weighted by Gasteiger charge is 2.12. The topological polar surface area (TPSA) is 54.4 Å². The molecule has 0 amide bonds. The number of phenolic OH excluding ortho intramolecular Hbond substituents is 1. The van der Waals surface area contributed by atoms with Gasteiger partial charge in [-0.3, -0.25) is 4.98 Å². The molecule has 0 bridgehead atoms. The van der Waals surface area contributed by atoms with Gasteiger partial charge in [0, 0.05) is 11.8 Å². The number of hydrogen-bond donors (Lipinski definition) is 2. The number of hydrogen-bond acceptors (Lipinski definition) is 4. The van der Waals surface area contributed by atoms with Gasteiger partial charge in [-0.05, 0) is 30.7 Å². The number of aromatic hydroxyl groups is 1. The van der Waals surface area contributed by atoms with Crippen molar-refractivity contribution in [3.63, 3.8) is 0 Å². The molecule has 1 atom stereocenters. The smallest absolute Gasteiger partial charge is 0.160 e. The van der Waals surface area contributed by atoms with Gasteiger partial charge in [-0.1, -0.05) is 6.92 Å². The monoisotopic (exact) mass is 276 g/mol. The molecule has 20 heavy (non-hydrogen) atoms. The normalized spacial score (nSPS) is 11.9.